The second-order valence-electron chi connectivity index (χ2n) is 6.97. The molecule has 0 saturated heterocycles. The van der Waals surface area contributed by atoms with Crippen molar-refractivity contribution in [3.05, 3.63) is 93.0 Å². The first-order valence-electron chi connectivity index (χ1n) is 10.0. The van der Waals surface area contributed by atoms with Crippen LogP contribution in [0.2, 0.25) is 0 Å². The highest BCUT2D eigenvalue weighted by Crippen LogP contribution is 2.30. The molecule has 0 spiro atoms. The van der Waals surface area contributed by atoms with Gasteiger partial charge in [0, 0.05) is 17.8 Å². The maximum absolute atomic E-state index is 13.0. The third-order valence-corrected chi connectivity index (χ3v) is 4.78. The molecule has 12 nitrogen and oxygen atoms in total. The number of rotatable bonds is 8. The molecule has 3 aromatic carbocycles. The predicted molar refractivity (Wildman–Crippen MR) is 123 cm³/mol. The van der Waals surface area contributed by atoms with Crippen LogP contribution in [0.4, 0.5) is 11.4 Å². The number of hydrogen-bond acceptors (Lipinski definition) is 9. The van der Waals surface area contributed by atoms with E-state index in [1.165, 1.54) is 50.6 Å². The van der Waals surface area contributed by atoms with Gasteiger partial charge in [-0.25, -0.2) is 4.79 Å². The fourth-order valence-corrected chi connectivity index (χ4v) is 3.06. The number of ether oxygens (including phenoxy) is 3. The van der Waals surface area contributed by atoms with Crippen LogP contribution in [0.1, 0.15) is 10.4 Å². The highest BCUT2D eigenvalue weighted by atomic mass is 16.6. The van der Waals surface area contributed by atoms with Gasteiger partial charge in [-0.1, -0.05) is 5.10 Å². The number of carbonyl (C=O) groups excluding carboxylic acids is 1. The molecule has 4 aromatic rings. The molecule has 0 atom stereocenters. The zero-order valence-electron chi connectivity index (χ0n) is 18.5. The normalized spacial score (nSPS) is 10.5. The molecule has 1 N–H and O–H groups in total. The Kier molecular flexibility index (Phi) is 6.44. The van der Waals surface area contributed by atoms with E-state index < -0.39 is 16.6 Å². The van der Waals surface area contributed by atoms with Crippen LogP contribution < -0.4 is 25.3 Å². The van der Waals surface area contributed by atoms with Crippen molar-refractivity contribution in [3.8, 4) is 29.0 Å². The summed E-state index contributed by atoms with van der Waals surface area (Å²) < 4.78 is 21.5. The van der Waals surface area contributed by atoms with Crippen molar-refractivity contribution in [3.63, 3.8) is 0 Å². The van der Waals surface area contributed by atoms with Crippen LogP contribution in [0, 0.1) is 10.1 Å². The van der Waals surface area contributed by atoms with Gasteiger partial charge < -0.3 is 23.9 Å². The summed E-state index contributed by atoms with van der Waals surface area (Å²) in [6.07, 6.45) is -0.192. The standard InChI is InChI=1S/C23H18N4O8/c1-32-17-8-10-18(11-9-17)34-20-12-7-16(27(30)31)13-19(20)21(28)24-14-3-5-15(6-4-14)26-23(29)35-22(25-26)33-2/h3-13H,1-2H3,(H,24,28). The molecule has 0 aliphatic rings. The zero-order valence-corrected chi connectivity index (χ0v) is 18.5. The van der Waals surface area contributed by atoms with E-state index in [-0.39, 0.29) is 23.1 Å². The average molecular weight is 478 g/mol. The van der Waals surface area contributed by atoms with Crippen molar-refractivity contribution in [2.45, 2.75) is 0 Å². The van der Waals surface area contributed by atoms with Gasteiger partial charge in [-0.15, -0.1) is 0 Å². The number of non-ortho nitro benzene ring substituents is 1. The molecule has 1 aromatic heterocycles. The quantitative estimate of drug-likeness (QED) is 0.295. The van der Waals surface area contributed by atoms with E-state index in [0.717, 1.165) is 10.7 Å². The number of nitrogens with one attached hydrogen (secondary N) is 1. The maximum atomic E-state index is 13.0. The number of anilines is 1. The topological polar surface area (TPSA) is 148 Å². The fourth-order valence-electron chi connectivity index (χ4n) is 3.06. The lowest BCUT2D eigenvalue weighted by molar-refractivity contribution is -0.384. The molecule has 0 unspecified atom stereocenters. The minimum Gasteiger partial charge on any atom is -0.497 e. The van der Waals surface area contributed by atoms with E-state index in [1.54, 1.807) is 24.3 Å². The number of nitro groups is 1. The summed E-state index contributed by atoms with van der Waals surface area (Å²) in [5.41, 5.74) is 0.423. The Morgan fingerprint density at radius 2 is 1.69 bits per heavy atom. The van der Waals surface area contributed by atoms with Gasteiger partial charge in [-0.2, -0.15) is 4.68 Å². The molecule has 12 heteroatoms. The first kappa shape index (κ1) is 23.0. The van der Waals surface area contributed by atoms with Gasteiger partial charge in [0.05, 0.1) is 30.4 Å². The molecule has 0 aliphatic carbocycles. The molecule has 0 aliphatic heterocycles. The molecule has 4 rings (SSSR count). The Morgan fingerprint density at radius 3 is 2.29 bits per heavy atom. The second-order valence-corrected chi connectivity index (χ2v) is 6.97. The zero-order chi connectivity index (χ0) is 24.9. The minimum absolute atomic E-state index is 0.0449. The Hall–Kier alpha value is -5.13. The van der Waals surface area contributed by atoms with E-state index in [1.807, 2.05) is 0 Å². The van der Waals surface area contributed by atoms with Gasteiger partial charge >= 0.3 is 11.8 Å². The number of benzene rings is 3. The first-order chi connectivity index (χ1) is 16.9. The minimum atomic E-state index is -0.740. The van der Waals surface area contributed by atoms with Crippen LogP contribution in [0.5, 0.6) is 23.3 Å². The van der Waals surface area contributed by atoms with Crippen LogP contribution in [0.3, 0.4) is 0 Å². The van der Waals surface area contributed by atoms with E-state index in [4.69, 9.17) is 18.6 Å². The largest absolute Gasteiger partial charge is 0.497 e. The van der Waals surface area contributed by atoms with Gasteiger partial charge in [0.25, 0.3) is 11.6 Å². The first-order valence-corrected chi connectivity index (χ1v) is 10.0. The van der Waals surface area contributed by atoms with Gasteiger partial charge in [-0.3, -0.25) is 14.9 Å². The number of carbonyl (C=O) groups is 1. The molecule has 0 bridgehead atoms. The third kappa shape index (κ3) is 5.11. The Morgan fingerprint density at radius 1 is 1.00 bits per heavy atom. The number of nitro benzene ring substituents is 1. The van der Waals surface area contributed by atoms with Crippen LogP contribution in [0.15, 0.2) is 75.9 Å². The number of hydrogen-bond donors (Lipinski definition) is 1. The smallest absolute Gasteiger partial charge is 0.444 e. The fraction of sp³-hybridized carbons (Fsp3) is 0.0870. The van der Waals surface area contributed by atoms with Gasteiger partial charge in [-0.05, 0) is 54.6 Å². The molecule has 0 saturated carbocycles. The number of amides is 1. The summed E-state index contributed by atoms with van der Waals surface area (Å²) in [6.45, 7) is 0. The Balaban J connectivity index is 1.58. The van der Waals surface area contributed by atoms with Crippen LogP contribution in [-0.2, 0) is 0 Å². The lowest BCUT2D eigenvalue weighted by atomic mass is 10.1. The van der Waals surface area contributed by atoms with Crippen molar-refractivity contribution >= 4 is 17.3 Å². The van der Waals surface area contributed by atoms with Crippen LogP contribution in [-0.4, -0.2) is 34.8 Å². The van der Waals surface area contributed by atoms with Crippen molar-refractivity contribution in [1.82, 2.24) is 9.78 Å². The highest BCUT2D eigenvalue weighted by molar-refractivity contribution is 6.06. The second kappa shape index (κ2) is 9.79. The van der Waals surface area contributed by atoms with Crippen molar-refractivity contribution in [1.29, 1.82) is 0 Å². The molecule has 35 heavy (non-hydrogen) atoms. The molecular weight excluding hydrogens is 460 g/mol. The third-order valence-electron chi connectivity index (χ3n) is 4.78. The molecule has 178 valence electrons. The SMILES string of the molecule is COc1ccc(Oc2ccc([N+](=O)[O-])cc2C(=O)Nc2ccc(-n3nc(OC)oc3=O)cc2)cc1. The van der Waals surface area contributed by atoms with E-state index in [2.05, 4.69) is 10.4 Å². The van der Waals surface area contributed by atoms with Crippen molar-refractivity contribution < 1.29 is 28.3 Å². The summed E-state index contributed by atoms with van der Waals surface area (Å²) in [7, 11) is 2.84. The van der Waals surface area contributed by atoms with Gasteiger partial charge in [0.2, 0.25) is 0 Å². The predicted octanol–water partition coefficient (Wildman–Crippen LogP) is 3.80. The Bertz CT molecular complexity index is 1430. The molecule has 1 heterocycles. The number of methoxy groups -OCH3 is 2. The Labute approximate surface area is 197 Å². The number of nitrogens with zero attached hydrogens (tertiary/aromatic N) is 3. The van der Waals surface area contributed by atoms with Crippen LogP contribution in [0.25, 0.3) is 5.69 Å². The monoisotopic (exact) mass is 478 g/mol. The van der Waals surface area contributed by atoms with Gasteiger partial charge in [0.1, 0.15) is 17.2 Å². The summed E-state index contributed by atoms with van der Waals surface area (Å²) >= 11 is 0. The lowest BCUT2D eigenvalue weighted by Crippen LogP contribution is -2.15. The lowest BCUT2D eigenvalue weighted by Gasteiger charge is -2.12. The molecule has 1 amide bonds. The van der Waals surface area contributed by atoms with E-state index in [0.29, 0.717) is 22.9 Å². The summed E-state index contributed by atoms with van der Waals surface area (Å²) in [6, 6.07) is 16.5. The van der Waals surface area contributed by atoms with Gasteiger partial charge in [0.15, 0.2) is 0 Å². The highest BCUT2D eigenvalue weighted by Gasteiger charge is 2.19. The van der Waals surface area contributed by atoms with E-state index in [9.17, 15) is 19.7 Å². The summed E-state index contributed by atoms with van der Waals surface area (Å²) in [5, 5.41) is 17.8. The summed E-state index contributed by atoms with van der Waals surface area (Å²) in [4.78, 5) is 35.5. The molecule has 0 fully saturated rings. The number of aromatic nitrogens is 2. The van der Waals surface area contributed by atoms with Crippen LogP contribution >= 0.6 is 0 Å². The van der Waals surface area contributed by atoms with E-state index >= 15 is 0 Å². The summed E-state index contributed by atoms with van der Waals surface area (Å²) in [5.74, 6) is -0.225. The van der Waals surface area contributed by atoms with Crippen molar-refractivity contribution in [2.24, 2.45) is 0 Å². The average Bonchev–Trinajstić information content (AvgIpc) is 3.25. The molecular formula is C23H18N4O8. The molecule has 0 radical (unpaired) electrons. The maximum Gasteiger partial charge on any atom is 0.444 e. The van der Waals surface area contributed by atoms with Crippen molar-refractivity contribution in [2.75, 3.05) is 19.5 Å².